The minimum absolute atomic E-state index is 0.306. The first kappa shape index (κ1) is 23.0. The molecule has 4 heterocycles. The van der Waals surface area contributed by atoms with Gasteiger partial charge in [0.1, 0.15) is 33.0 Å². The van der Waals surface area contributed by atoms with Gasteiger partial charge in [-0.3, -0.25) is 0 Å². The van der Waals surface area contributed by atoms with Gasteiger partial charge in [0.05, 0.1) is 19.2 Å². The number of esters is 1. The van der Waals surface area contributed by atoms with Crippen molar-refractivity contribution >= 4 is 28.9 Å². The van der Waals surface area contributed by atoms with Crippen molar-refractivity contribution in [2.24, 2.45) is 5.92 Å². The number of pyridine rings is 1. The number of ether oxygens (including phenoxy) is 1. The van der Waals surface area contributed by atoms with Gasteiger partial charge in [-0.05, 0) is 49.9 Å². The molecule has 0 aliphatic heterocycles. The normalized spacial score (nSPS) is 13.6. The van der Waals surface area contributed by atoms with Crippen LogP contribution in [-0.2, 0) is 11.2 Å². The standard InChI is InChI=1S/C25H25N7O2S/c1-16-5-4-8-18(29-16)24-27-12-10-21(32-24)30-20-9-11-26-22(31-20)13-23-28-14-19(35-23)25(33)34-15-17-6-2-3-7-17/h4-5,8-12,14,17H,2-3,6-7,13,15H2,1H3,(H,26,27,30,31,32). The summed E-state index contributed by atoms with van der Waals surface area (Å²) >= 11 is 1.32. The van der Waals surface area contributed by atoms with Crippen LogP contribution in [0.3, 0.4) is 0 Å². The predicted molar refractivity (Wildman–Crippen MR) is 132 cm³/mol. The van der Waals surface area contributed by atoms with Crippen molar-refractivity contribution in [2.45, 2.75) is 39.0 Å². The van der Waals surface area contributed by atoms with E-state index >= 15 is 0 Å². The number of nitrogens with one attached hydrogen (secondary N) is 1. The molecule has 4 aromatic heterocycles. The number of carbonyl (C=O) groups excluding carboxylic acids is 1. The lowest BCUT2D eigenvalue weighted by Gasteiger charge is -2.08. The van der Waals surface area contributed by atoms with Crippen LogP contribution < -0.4 is 5.32 Å². The molecular formula is C25H25N7O2S. The molecule has 0 bridgehead atoms. The maximum absolute atomic E-state index is 12.4. The van der Waals surface area contributed by atoms with Gasteiger partial charge in [0.15, 0.2) is 5.82 Å². The third kappa shape index (κ3) is 6.02. The Morgan fingerprint density at radius 2 is 1.83 bits per heavy atom. The minimum atomic E-state index is -0.306. The van der Waals surface area contributed by atoms with Crippen LogP contribution in [0.5, 0.6) is 0 Å². The molecule has 1 aliphatic carbocycles. The van der Waals surface area contributed by atoms with Crippen molar-refractivity contribution < 1.29 is 9.53 Å². The van der Waals surface area contributed by atoms with Crippen molar-refractivity contribution in [2.75, 3.05) is 11.9 Å². The van der Waals surface area contributed by atoms with E-state index in [1.165, 1.54) is 24.2 Å². The van der Waals surface area contributed by atoms with Gasteiger partial charge >= 0.3 is 5.97 Å². The van der Waals surface area contributed by atoms with Crippen LogP contribution in [0.15, 0.2) is 48.9 Å². The van der Waals surface area contributed by atoms with Gasteiger partial charge in [-0.15, -0.1) is 11.3 Å². The Bertz CT molecular complexity index is 1320. The molecule has 178 valence electrons. The van der Waals surface area contributed by atoms with Crippen molar-refractivity contribution in [3.05, 3.63) is 70.3 Å². The van der Waals surface area contributed by atoms with Crippen LogP contribution in [0.2, 0.25) is 0 Å². The molecule has 0 spiro atoms. The van der Waals surface area contributed by atoms with E-state index in [2.05, 4.69) is 35.2 Å². The number of rotatable bonds is 8. The summed E-state index contributed by atoms with van der Waals surface area (Å²) < 4.78 is 5.48. The van der Waals surface area contributed by atoms with E-state index in [9.17, 15) is 4.79 Å². The summed E-state index contributed by atoms with van der Waals surface area (Å²) in [5.41, 5.74) is 1.61. The predicted octanol–water partition coefficient (Wildman–Crippen LogP) is 4.77. The molecule has 0 amide bonds. The number of aromatic nitrogens is 6. The lowest BCUT2D eigenvalue weighted by Crippen LogP contribution is -2.10. The zero-order valence-electron chi connectivity index (χ0n) is 19.3. The van der Waals surface area contributed by atoms with Gasteiger partial charge in [-0.2, -0.15) is 0 Å². The third-order valence-electron chi connectivity index (χ3n) is 5.72. The summed E-state index contributed by atoms with van der Waals surface area (Å²) in [6, 6.07) is 9.27. The summed E-state index contributed by atoms with van der Waals surface area (Å²) in [4.78, 5) is 39.5. The Morgan fingerprint density at radius 3 is 2.66 bits per heavy atom. The number of aryl methyl sites for hydroxylation is 1. The van der Waals surface area contributed by atoms with Gasteiger partial charge in [0.2, 0.25) is 0 Å². The van der Waals surface area contributed by atoms with Crippen molar-refractivity contribution in [1.82, 2.24) is 29.9 Å². The fraction of sp³-hybridized carbons (Fsp3) is 0.320. The van der Waals surface area contributed by atoms with E-state index in [4.69, 9.17) is 4.74 Å². The van der Waals surface area contributed by atoms with Crippen molar-refractivity contribution in [1.29, 1.82) is 0 Å². The summed E-state index contributed by atoms with van der Waals surface area (Å²) in [7, 11) is 0. The van der Waals surface area contributed by atoms with Crippen LogP contribution in [0.25, 0.3) is 11.5 Å². The molecule has 4 aromatic rings. The summed E-state index contributed by atoms with van der Waals surface area (Å²) in [6.07, 6.45) is 10.1. The Hall–Kier alpha value is -3.79. The summed E-state index contributed by atoms with van der Waals surface area (Å²) in [5, 5.41) is 3.96. The molecule has 5 rings (SSSR count). The second-order valence-corrected chi connectivity index (χ2v) is 9.57. The highest BCUT2D eigenvalue weighted by Crippen LogP contribution is 2.25. The highest BCUT2D eigenvalue weighted by molar-refractivity contribution is 7.13. The van der Waals surface area contributed by atoms with Gasteiger partial charge < -0.3 is 10.1 Å². The first-order valence-electron chi connectivity index (χ1n) is 11.6. The first-order valence-corrected chi connectivity index (χ1v) is 12.4. The minimum Gasteiger partial charge on any atom is -0.461 e. The maximum Gasteiger partial charge on any atom is 0.349 e. The molecule has 9 nitrogen and oxygen atoms in total. The average Bonchev–Trinajstić information content (AvgIpc) is 3.56. The number of anilines is 2. The molecule has 1 N–H and O–H groups in total. The highest BCUT2D eigenvalue weighted by atomic mass is 32.1. The number of nitrogens with zero attached hydrogens (tertiary/aromatic N) is 6. The monoisotopic (exact) mass is 487 g/mol. The SMILES string of the molecule is Cc1cccc(-c2nccc(Nc3ccnc(Cc4ncc(C(=O)OCC5CCCC5)s4)n3)n2)n1. The number of thiazole rings is 1. The summed E-state index contributed by atoms with van der Waals surface area (Å²) in [5.74, 6) is 2.51. The zero-order chi connectivity index (χ0) is 24.0. The topological polar surface area (TPSA) is 116 Å². The Morgan fingerprint density at radius 1 is 1.03 bits per heavy atom. The van der Waals surface area contributed by atoms with Gasteiger partial charge in [0, 0.05) is 18.1 Å². The molecule has 0 atom stereocenters. The van der Waals surface area contributed by atoms with E-state index in [-0.39, 0.29) is 5.97 Å². The lowest BCUT2D eigenvalue weighted by atomic mass is 10.1. The third-order valence-corrected chi connectivity index (χ3v) is 6.70. The Balaban J connectivity index is 1.22. The molecule has 0 unspecified atom stereocenters. The fourth-order valence-corrected chi connectivity index (χ4v) is 4.78. The van der Waals surface area contributed by atoms with E-state index < -0.39 is 0 Å². The van der Waals surface area contributed by atoms with Crippen LogP contribution in [0, 0.1) is 12.8 Å². The average molecular weight is 488 g/mol. The molecule has 35 heavy (non-hydrogen) atoms. The Labute approximate surface area is 207 Å². The zero-order valence-corrected chi connectivity index (χ0v) is 20.2. The van der Waals surface area contributed by atoms with Crippen LogP contribution >= 0.6 is 11.3 Å². The molecule has 1 fully saturated rings. The van der Waals surface area contributed by atoms with Gasteiger partial charge in [-0.25, -0.2) is 34.7 Å². The van der Waals surface area contributed by atoms with Gasteiger partial charge in [-0.1, -0.05) is 18.9 Å². The number of hydrogen-bond donors (Lipinski definition) is 1. The second-order valence-electron chi connectivity index (χ2n) is 8.46. The van der Waals surface area contributed by atoms with Crippen molar-refractivity contribution in [3.63, 3.8) is 0 Å². The van der Waals surface area contributed by atoms with Gasteiger partial charge in [0.25, 0.3) is 0 Å². The van der Waals surface area contributed by atoms with Crippen LogP contribution in [-0.4, -0.2) is 42.5 Å². The fourth-order valence-electron chi connectivity index (χ4n) is 3.97. The molecule has 0 aromatic carbocycles. The molecule has 0 radical (unpaired) electrons. The number of hydrogen-bond acceptors (Lipinski definition) is 10. The molecule has 0 saturated heterocycles. The van der Waals surface area contributed by atoms with E-state index in [1.54, 1.807) is 30.7 Å². The molecule has 10 heteroatoms. The highest BCUT2D eigenvalue weighted by Gasteiger charge is 2.19. The Kier molecular flexibility index (Phi) is 6.99. The maximum atomic E-state index is 12.4. The van der Waals surface area contributed by atoms with E-state index in [1.807, 2.05) is 25.1 Å². The quantitative estimate of drug-likeness (QED) is 0.351. The largest absolute Gasteiger partial charge is 0.461 e. The van der Waals surface area contributed by atoms with Crippen LogP contribution in [0.4, 0.5) is 11.6 Å². The van der Waals surface area contributed by atoms with Crippen molar-refractivity contribution in [3.8, 4) is 11.5 Å². The molecular weight excluding hydrogens is 462 g/mol. The molecule has 1 aliphatic rings. The summed E-state index contributed by atoms with van der Waals surface area (Å²) in [6.45, 7) is 2.42. The lowest BCUT2D eigenvalue weighted by molar-refractivity contribution is 0.0448. The second kappa shape index (κ2) is 10.6. The number of carbonyl (C=O) groups is 1. The smallest absolute Gasteiger partial charge is 0.349 e. The first-order chi connectivity index (χ1) is 17.1. The van der Waals surface area contributed by atoms with Crippen LogP contribution in [0.1, 0.15) is 51.9 Å². The van der Waals surface area contributed by atoms with E-state index in [0.29, 0.717) is 52.8 Å². The van der Waals surface area contributed by atoms with E-state index in [0.717, 1.165) is 23.5 Å². The molecule has 1 saturated carbocycles.